The molecule has 0 saturated carbocycles. The number of halogens is 1. The molecule has 0 fully saturated rings. The Kier molecular flexibility index (Phi) is 6.21. The van der Waals surface area contributed by atoms with E-state index in [4.69, 9.17) is 16.3 Å². The van der Waals surface area contributed by atoms with Crippen LogP contribution in [0.15, 0.2) is 65.1 Å². The minimum atomic E-state index is -0.430. The molecule has 0 radical (unpaired) electrons. The molecule has 5 nitrogen and oxygen atoms in total. The van der Waals surface area contributed by atoms with Gasteiger partial charge >= 0.3 is 0 Å². The van der Waals surface area contributed by atoms with Crippen LogP contribution in [-0.4, -0.2) is 27.7 Å². The van der Waals surface area contributed by atoms with Crippen molar-refractivity contribution in [2.24, 2.45) is 0 Å². The van der Waals surface area contributed by atoms with E-state index in [0.717, 1.165) is 0 Å². The lowest BCUT2D eigenvalue weighted by molar-refractivity contribution is 0.0994. The first-order chi connectivity index (χ1) is 13.4. The Hall–Kier alpha value is -2.57. The van der Waals surface area contributed by atoms with Gasteiger partial charge in [-0.15, -0.1) is 6.58 Å². The van der Waals surface area contributed by atoms with Crippen LogP contribution in [0.25, 0.3) is 10.9 Å². The number of benzene rings is 2. The maximum atomic E-state index is 12.9. The van der Waals surface area contributed by atoms with Crippen molar-refractivity contribution in [2.75, 3.05) is 7.11 Å². The molecule has 7 heteroatoms. The zero-order chi connectivity index (χ0) is 20.3. The zero-order valence-corrected chi connectivity index (χ0v) is 17.1. The van der Waals surface area contributed by atoms with E-state index in [0.29, 0.717) is 38.9 Å². The van der Waals surface area contributed by atoms with Gasteiger partial charge in [-0.2, -0.15) is 0 Å². The number of thioether (sulfide) groups is 1. The van der Waals surface area contributed by atoms with Crippen molar-refractivity contribution in [1.29, 1.82) is 0 Å². The van der Waals surface area contributed by atoms with Crippen molar-refractivity contribution < 1.29 is 9.53 Å². The number of carbonyl (C=O) groups excluding carboxylic acids is 1. The number of rotatable bonds is 7. The van der Waals surface area contributed by atoms with Gasteiger partial charge in [0.15, 0.2) is 10.9 Å². The van der Waals surface area contributed by atoms with Gasteiger partial charge in [0.25, 0.3) is 5.56 Å². The summed E-state index contributed by atoms with van der Waals surface area (Å²) in [6.07, 6.45) is 1.62. The fraction of sp³-hybridized carbons (Fsp3) is 0.190. The second-order valence-corrected chi connectivity index (χ2v) is 7.86. The van der Waals surface area contributed by atoms with Gasteiger partial charge in [-0.05, 0) is 49.4 Å². The molecule has 1 atom stereocenters. The lowest BCUT2D eigenvalue weighted by Gasteiger charge is -2.15. The van der Waals surface area contributed by atoms with Crippen molar-refractivity contribution in [3.63, 3.8) is 0 Å². The zero-order valence-electron chi connectivity index (χ0n) is 15.5. The topological polar surface area (TPSA) is 61.2 Å². The van der Waals surface area contributed by atoms with Gasteiger partial charge < -0.3 is 4.74 Å². The summed E-state index contributed by atoms with van der Waals surface area (Å²) in [7, 11) is 1.58. The second kappa shape index (κ2) is 8.63. The predicted octanol–water partition coefficient (Wildman–Crippen LogP) is 4.61. The third-order valence-electron chi connectivity index (χ3n) is 4.22. The minimum Gasteiger partial charge on any atom is -0.497 e. The summed E-state index contributed by atoms with van der Waals surface area (Å²) in [6.45, 7) is 5.80. The number of Topliss-reactive ketones (excluding diaryl/α,β-unsaturated/α-hetero) is 1. The molecule has 2 aromatic carbocycles. The summed E-state index contributed by atoms with van der Waals surface area (Å²) >= 11 is 7.27. The summed E-state index contributed by atoms with van der Waals surface area (Å²) in [4.78, 5) is 30.3. The van der Waals surface area contributed by atoms with Crippen molar-refractivity contribution in [2.45, 2.75) is 23.9 Å². The number of allylic oxidation sites excluding steroid dienone is 1. The van der Waals surface area contributed by atoms with Crippen LogP contribution in [0, 0.1) is 0 Å². The van der Waals surface area contributed by atoms with Crippen LogP contribution < -0.4 is 10.3 Å². The van der Waals surface area contributed by atoms with Crippen LogP contribution >= 0.6 is 23.4 Å². The summed E-state index contributed by atoms with van der Waals surface area (Å²) in [6, 6.07) is 11.9. The van der Waals surface area contributed by atoms with Gasteiger partial charge in [0, 0.05) is 17.1 Å². The Bertz CT molecular complexity index is 1090. The number of methoxy groups -OCH3 is 1. The van der Waals surface area contributed by atoms with E-state index in [9.17, 15) is 9.59 Å². The molecule has 0 amide bonds. The van der Waals surface area contributed by atoms with E-state index in [1.807, 2.05) is 0 Å². The summed E-state index contributed by atoms with van der Waals surface area (Å²) in [5, 5.41) is 0.947. The average Bonchev–Trinajstić information content (AvgIpc) is 2.71. The molecule has 0 unspecified atom stereocenters. The third kappa shape index (κ3) is 4.13. The van der Waals surface area contributed by atoms with Crippen LogP contribution in [0.3, 0.4) is 0 Å². The Morgan fingerprint density at radius 2 is 2.04 bits per heavy atom. The summed E-state index contributed by atoms with van der Waals surface area (Å²) in [5.41, 5.74) is 0.909. The maximum Gasteiger partial charge on any atom is 0.262 e. The average molecular weight is 415 g/mol. The van der Waals surface area contributed by atoms with Crippen LogP contribution in [0.5, 0.6) is 5.75 Å². The van der Waals surface area contributed by atoms with Crippen molar-refractivity contribution in [3.05, 3.63) is 76.1 Å². The quantitative estimate of drug-likeness (QED) is 0.244. The largest absolute Gasteiger partial charge is 0.497 e. The van der Waals surface area contributed by atoms with Gasteiger partial charge in [-0.25, -0.2) is 4.98 Å². The number of hydrogen-bond acceptors (Lipinski definition) is 5. The summed E-state index contributed by atoms with van der Waals surface area (Å²) in [5.74, 6) is 0.634. The highest BCUT2D eigenvalue weighted by atomic mass is 35.5. The molecule has 0 aliphatic rings. The van der Waals surface area contributed by atoms with Crippen molar-refractivity contribution in [1.82, 2.24) is 9.55 Å². The van der Waals surface area contributed by atoms with Crippen LogP contribution in [0.2, 0.25) is 5.02 Å². The Balaban J connectivity index is 1.96. The van der Waals surface area contributed by atoms with E-state index >= 15 is 0 Å². The van der Waals surface area contributed by atoms with Gasteiger partial charge in [-0.3, -0.25) is 14.2 Å². The molecular formula is C21H19ClN2O3S. The molecule has 0 saturated heterocycles. The molecule has 1 aromatic heterocycles. The number of ketones is 1. The molecule has 28 heavy (non-hydrogen) atoms. The first-order valence-electron chi connectivity index (χ1n) is 8.60. The highest BCUT2D eigenvalue weighted by Gasteiger charge is 2.20. The first kappa shape index (κ1) is 20.2. The Morgan fingerprint density at radius 1 is 1.32 bits per heavy atom. The molecule has 3 rings (SSSR count). The van der Waals surface area contributed by atoms with E-state index in [1.54, 1.807) is 62.6 Å². The monoisotopic (exact) mass is 414 g/mol. The summed E-state index contributed by atoms with van der Waals surface area (Å²) < 4.78 is 6.63. The predicted molar refractivity (Wildman–Crippen MR) is 114 cm³/mol. The normalized spacial score (nSPS) is 12.0. The van der Waals surface area contributed by atoms with Gasteiger partial charge in [0.05, 0.1) is 23.3 Å². The number of nitrogens with zero attached hydrogens (tertiary/aromatic N) is 2. The van der Waals surface area contributed by atoms with Crippen molar-refractivity contribution >= 4 is 40.0 Å². The van der Waals surface area contributed by atoms with Crippen LogP contribution in [0.4, 0.5) is 0 Å². The standard InChI is InChI=1S/C21H19ClN2O3S/c1-4-11-24-20(26)17-12-15(22)7-10-18(17)23-21(24)28-13(2)19(25)14-5-8-16(27-3)9-6-14/h4-10,12-13H,1,11H2,2-3H3/t13-/m0/s1. The lowest BCUT2D eigenvalue weighted by atomic mass is 10.1. The smallest absolute Gasteiger partial charge is 0.262 e. The van der Waals surface area contributed by atoms with E-state index in [1.165, 1.54) is 16.3 Å². The van der Waals surface area contributed by atoms with Gasteiger partial charge in [-0.1, -0.05) is 29.4 Å². The molecule has 144 valence electrons. The molecule has 0 spiro atoms. The highest BCUT2D eigenvalue weighted by Crippen LogP contribution is 2.26. The van der Waals surface area contributed by atoms with E-state index < -0.39 is 5.25 Å². The van der Waals surface area contributed by atoms with E-state index in [-0.39, 0.29) is 11.3 Å². The molecule has 0 aliphatic carbocycles. The maximum absolute atomic E-state index is 12.9. The van der Waals surface area contributed by atoms with Gasteiger partial charge in [0.2, 0.25) is 0 Å². The number of aromatic nitrogens is 2. The minimum absolute atomic E-state index is 0.0525. The lowest BCUT2D eigenvalue weighted by Crippen LogP contribution is -2.24. The van der Waals surface area contributed by atoms with E-state index in [2.05, 4.69) is 11.6 Å². The molecule has 0 aliphatic heterocycles. The first-order valence-corrected chi connectivity index (χ1v) is 9.86. The highest BCUT2D eigenvalue weighted by molar-refractivity contribution is 8.00. The third-order valence-corrected chi connectivity index (χ3v) is 5.54. The van der Waals surface area contributed by atoms with Crippen molar-refractivity contribution in [3.8, 4) is 5.75 Å². The number of hydrogen-bond donors (Lipinski definition) is 0. The van der Waals surface area contributed by atoms with Crippen LogP contribution in [-0.2, 0) is 6.54 Å². The molecule has 0 bridgehead atoms. The molecule has 0 N–H and O–H groups in total. The second-order valence-electron chi connectivity index (χ2n) is 6.11. The fourth-order valence-corrected chi connectivity index (χ4v) is 3.92. The molecule has 1 heterocycles. The number of fused-ring (bicyclic) bond motifs is 1. The fourth-order valence-electron chi connectivity index (χ4n) is 2.75. The Morgan fingerprint density at radius 3 is 2.68 bits per heavy atom. The SMILES string of the molecule is C=CCn1c(S[C@@H](C)C(=O)c2ccc(OC)cc2)nc2ccc(Cl)cc2c1=O. The van der Waals surface area contributed by atoms with Crippen LogP contribution in [0.1, 0.15) is 17.3 Å². The number of ether oxygens (including phenoxy) is 1. The number of carbonyl (C=O) groups is 1. The molecular weight excluding hydrogens is 396 g/mol. The molecule has 3 aromatic rings. The Labute approximate surface area is 172 Å². The van der Waals surface area contributed by atoms with Gasteiger partial charge in [0.1, 0.15) is 5.75 Å².